The summed E-state index contributed by atoms with van der Waals surface area (Å²) in [4.78, 5) is 27.5. The minimum Gasteiger partial charge on any atom is -0.455 e. The van der Waals surface area contributed by atoms with E-state index in [9.17, 15) is 9.59 Å². The molecular weight excluding hydrogens is 448 g/mol. The molecule has 0 unspecified atom stereocenters. The Morgan fingerprint density at radius 3 is 2.70 bits per heavy atom. The molecule has 1 fully saturated rings. The fourth-order valence-electron chi connectivity index (χ4n) is 4.20. The molecule has 4 rings (SSSR count). The Balaban J connectivity index is 1.75. The van der Waals surface area contributed by atoms with Gasteiger partial charge in [-0.3, -0.25) is 9.69 Å². The summed E-state index contributed by atoms with van der Waals surface area (Å²) < 4.78 is 12.6. The number of amides is 2. The van der Waals surface area contributed by atoms with Crippen molar-refractivity contribution >= 4 is 33.6 Å². The lowest BCUT2D eigenvalue weighted by molar-refractivity contribution is -0.120. The summed E-state index contributed by atoms with van der Waals surface area (Å²) >= 11 is 3.59. The van der Waals surface area contributed by atoms with Crippen molar-refractivity contribution in [1.29, 1.82) is 0 Å². The molecule has 2 amide bonds. The molecule has 0 aliphatic carbocycles. The molecule has 7 heteroatoms. The molecule has 1 saturated heterocycles. The first-order chi connectivity index (χ1) is 14.5. The summed E-state index contributed by atoms with van der Waals surface area (Å²) in [5.74, 6) is 1.28. The van der Waals surface area contributed by atoms with Gasteiger partial charge >= 0.3 is 6.09 Å². The van der Waals surface area contributed by atoms with E-state index in [-0.39, 0.29) is 18.1 Å². The van der Waals surface area contributed by atoms with Crippen LogP contribution in [0.15, 0.2) is 46.9 Å². The van der Waals surface area contributed by atoms with Gasteiger partial charge in [0.2, 0.25) is 5.91 Å². The summed E-state index contributed by atoms with van der Waals surface area (Å²) in [6, 6.07) is 12.6. The van der Waals surface area contributed by atoms with Gasteiger partial charge in [-0.05, 0) is 53.4 Å². The van der Waals surface area contributed by atoms with Crippen molar-refractivity contribution in [3.05, 3.63) is 52.5 Å². The Morgan fingerprint density at radius 2 is 1.93 bits per heavy atom. The highest BCUT2D eigenvalue weighted by molar-refractivity contribution is 9.10. The average Bonchev–Trinajstić information content (AvgIpc) is 2.90. The lowest BCUT2D eigenvalue weighted by Gasteiger charge is -2.41. The van der Waals surface area contributed by atoms with Crippen LogP contribution in [0.4, 0.5) is 10.5 Å². The molecule has 2 aromatic carbocycles. The molecule has 0 spiro atoms. The number of fused-ring (bicyclic) bond motifs is 5. The number of halogens is 1. The van der Waals surface area contributed by atoms with Crippen molar-refractivity contribution in [2.45, 2.75) is 57.7 Å². The number of nitrogens with one attached hydrogen (secondary N) is 1. The van der Waals surface area contributed by atoms with Gasteiger partial charge in [-0.1, -0.05) is 38.1 Å². The highest BCUT2D eigenvalue weighted by Crippen LogP contribution is 2.50. The Kier molecular flexibility index (Phi) is 5.99. The van der Waals surface area contributed by atoms with Crippen LogP contribution in [-0.2, 0) is 9.53 Å². The van der Waals surface area contributed by atoms with Crippen molar-refractivity contribution in [2.75, 3.05) is 4.90 Å². The van der Waals surface area contributed by atoms with E-state index in [0.29, 0.717) is 30.0 Å². The summed E-state index contributed by atoms with van der Waals surface area (Å²) in [5.41, 5.74) is 1.55. The molecule has 0 saturated carbocycles. The maximum absolute atomic E-state index is 13.1. The van der Waals surface area contributed by atoms with E-state index in [1.165, 1.54) is 0 Å². The SMILES string of the molecule is CCC(CC)OC(=O)N[C@@H]1CCC(=O)N2c3c(Br)cccc3Oc3ccccc3[C@H]12. The van der Waals surface area contributed by atoms with Gasteiger partial charge in [0.25, 0.3) is 0 Å². The maximum Gasteiger partial charge on any atom is 0.407 e. The Bertz CT molecular complexity index is 960. The van der Waals surface area contributed by atoms with Gasteiger partial charge < -0.3 is 14.8 Å². The second-order valence-corrected chi connectivity index (χ2v) is 8.42. The number of nitrogens with zero attached hydrogens (tertiary/aromatic N) is 1. The van der Waals surface area contributed by atoms with Crippen LogP contribution in [-0.4, -0.2) is 24.1 Å². The smallest absolute Gasteiger partial charge is 0.407 e. The first-order valence-corrected chi connectivity index (χ1v) is 11.2. The van der Waals surface area contributed by atoms with Gasteiger partial charge in [0.15, 0.2) is 5.75 Å². The maximum atomic E-state index is 13.1. The van der Waals surface area contributed by atoms with Crippen LogP contribution in [0.1, 0.15) is 51.1 Å². The van der Waals surface area contributed by atoms with Crippen molar-refractivity contribution in [3.63, 3.8) is 0 Å². The molecule has 2 aliphatic heterocycles. The summed E-state index contributed by atoms with van der Waals surface area (Å²) in [7, 11) is 0. The second kappa shape index (κ2) is 8.68. The third-order valence-corrected chi connectivity index (χ3v) is 6.37. The molecule has 1 N–H and O–H groups in total. The zero-order valence-electron chi connectivity index (χ0n) is 17.1. The van der Waals surface area contributed by atoms with Crippen LogP contribution in [0.3, 0.4) is 0 Å². The van der Waals surface area contributed by atoms with Crippen LogP contribution in [0, 0.1) is 0 Å². The first-order valence-electron chi connectivity index (χ1n) is 10.4. The zero-order chi connectivity index (χ0) is 21.3. The van der Waals surface area contributed by atoms with Crippen molar-refractivity contribution in [2.24, 2.45) is 0 Å². The molecule has 2 heterocycles. The summed E-state index contributed by atoms with van der Waals surface area (Å²) in [5, 5.41) is 3.03. The van der Waals surface area contributed by atoms with Crippen molar-refractivity contribution in [3.8, 4) is 11.5 Å². The molecule has 2 aromatic rings. The number of benzene rings is 2. The van der Waals surface area contributed by atoms with E-state index in [0.717, 1.165) is 22.9 Å². The number of carbonyl (C=O) groups is 2. The normalized spacial score (nSPS) is 19.9. The molecule has 0 aromatic heterocycles. The number of carbonyl (C=O) groups excluding carboxylic acids is 2. The highest BCUT2D eigenvalue weighted by Gasteiger charge is 2.43. The van der Waals surface area contributed by atoms with E-state index >= 15 is 0 Å². The molecule has 30 heavy (non-hydrogen) atoms. The van der Waals surface area contributed by atoms with Gasteiger partial charge in [0.05, 0.1) is 12.1 Å². The Labute approximate surface area is 184 Å². The van der Waals surface area contributed by atoms with E-state index in [1.807, 2.05) is 56.3 Å². The molecular formula is C23H25BrN2O4. The fraction of sp³-hybridized carbons (Fsp3) is 0.391. The first kappa shape index (κ1) is 20.7. The van der Waals surface area contributed by atoms with Crippen molar-refractivity contribution in [1.82, 2.24) is 5.32 Å². The number of hydrogen-bond acceptors (Lipinski definition) is 4. The van der Waals surface area contributed by atoms with Gasteiger partial charge in [0.1, 0.15) is 17.5 Å². The predicted molar refractivity (Wildman–Crippen MR) is 118 cm³/mol. The van der Waals surface area contributed by atoms with E-state index in [2.05, 4.69) is 21.2 Å². The largest absolute Gasteiger partial charge is 0.455 e. The molecule has 0 bridgehead atoms. The third kappa shape index (κ3) is 3.78. The molecule has 158 valence electrons. The zero-order valence-corrected chi connectivity index (χ0v) is 18.6. The van der Waals surface area contributed by atoms with Gasteiger partial charge in [-0.25, -0.2) is 4.79 Å². The molecule has 6 nitrogen and oxygen atoms in total. The molecule has 0 radical (unpaired) electrons. The average molecular weight is 473 g/mol. The minimum atomic E-state index is -0.446. The van der Waals surface area contributed by atoms with Crippen LogP contribution < -0.4 is 15.0 Å². The summed E-state index contributed by atoms with van der Waals surface area (Å²) in [6.45, 7) is 3.99. The number of hydrogen-bond donors (Lipinski definition) is 1. The van der Waals surface area contributed by atoms with Crippen LogP contribution >= 0.6 is 15.9 Å². The number of rotatable bonds is 4. The lowest BCUT2D eigenvalue weighted by Crippen LogP contribution is -2.52. The quantitative estimate of drug-likeness (QED) is 0.618. The molecule has 2 aliphatic rings. The predicted octanol–water partition coefficient (Wildman–Crippen LogP) is 5.71. The summed E-state index contributed by atoms with van der Waals surface area (Å²) in [6.07, 6.45) is 1.82. The number of piperidine rings is 1. The van der Waals surface area contributed by atoms with Gasteiger partial charge in [-0.15, -0.1) is 0 Å². The lowest BCUT2D eigenvalue weighted by atomic mass is 9.89. The van der Waals surface area contributed by atoms with Crippen LogP contribution in [0.2, 0.25) is 0 Å². The number of anilines is 1. The fourth-order valence-corrected chi connectivity index (χ4v) is 4.74. The second-order valence-electron chi connectivity index (χ2n) is 7.57. The van der Waals surface area contributed by atoms with Crippen LogP contribution in [0.5, 0.6) is 11.5 Å². The van der Waals surface area contributed by atoms with Gasteiger partial charge in [0, 0.05) is 16.5 Å². The topological polar surface area (TPSA) is 67.9 Å². The van der Waals surface area contributed by atoms with E-state index in [1.54, 1.807) is 4.90 Å². The monoisotopic (exact) mass is 472 g/mol. The Morgan fingerprint density at radius 1 is 1.20 bits per heavy atom. The number of alkyl carbamates (subject to hydrolysis) is 1. The van der Waals surface area contributed by atoms with E-state index in [4.69, 9.17) is 9.47 Å². The molecule has 2 atom stereocenters. The number of ether oxygens (including phenoxy) is 2. The Hall–Kier alpha value is -2.54. The van der Waals surface area contributed by atoms with Gasteiger partial charge in [-0.2, -0.15) is 0 Å². The standard InChI is InChI=1S/C23H25BrN2O4/c1-3-14(4-2)29-23(28)25-17-12-13-20(27)26-21(17)15-8-5-6-10-18(15)30-19-11-7-9-16(24)22(19)26/h5-11,14,17,21H,3-4,12-13H2,1-2H3,(H,25,28)/t17-,21-/m1/s1. The van der Waals surface area contributed by atoms with Crippen LogP contribution in [0.25, 0.3) is 0 Å². The van der Waals surface area contributed by atoms with E-state index < -0.39 is 12.1 Å². The highest BCUT2D eigenvalue weighted by atomic mass is 79.9. The third-order valence-electron chi connectivity index (χ3n) is 5.73. The number of para-hydroxylation sites is 2. The minimum absolute atomic E-state index is 0.000127. The van der Waals surface area contributed by atoms with Crippen molar-refractivity contribution < 1.29 is 19.1 Å².